The van der Waals surface area contributed by atoms with Gasteiger partial charge in [0, 0.05) is 0 Å². The van der Waals surface area contributed by atoms with Crippen LogP contribution in [0.3, 0.4) is 0 Å². The summed E-state index contributed by atoms with van der Waals surface area (Å²) in [6, 6.07) is 8.91. The summed E-state index contributed by atoms with van der Waals surface area (Å²) in [6.07, 6.45) is 9.36. The molecule has 0 aliphatic heterocycles. The highest BCUT2D eigenvalue weighted by Crippen LogP contribution is 2.37. The molecular weight excluding hydrogens is 248 g/mol. The maximum Gasteiger partial charge on any atom is 0.118 e. The van der Waals surface area contributed by atoms with Crippen molar-refractivity contribution in [3.63, 3.8) is 0 Å². The second-order valence-corrected chi connectivity index (χ2v) is 7.33. The third-order valence-corrected chi connectivity index (χ3v) is 4.98. The van der Waals surface area contributed by atoms with Gasteiger partial charge in [-0.15, -0.1) is 0 Å². The van der Waals surface area contributed by atoms with Gasteiger partial charge in [-0.1, -0.05) is 38.4 Å². The van der Waals surface area contributed by atoms with Crippen molar-refractivity contribution < 1.29 is 4.74 Å². The predicted octanol–water partition coefficient (Wildman–Crippen LogP) is 4.31. The Morgan fingerprint density at radius 2 is 1.79 bits per heavy atom. The molecular formula is C17H28OSi. The highest BCUT2D eigenvalue weighted by atomic mass is 28.2. The second-order valence-electron chi connectivity index (χ2n) is 5.92. The maximum absolute atomic E-state index is 5.71. The largest absolute Gasteiger partial charge is 0.498 e. The molecule has 0 unspecified atom stereocenters. The molecule has 1 aliphatic carbocycles. The van der Waals surface area contributed by atoms with Crippen LogP contribution in [0.5, 0.6) is 5.75 Å². The van der Waals surface area contributed by atoms with Crippen molar-refractivity contribution in [2.45, 2.75) is 57.9 Å². The fourth-order valence-corrected chi connectivity index (χ4v) is 3.69. The SMILES string of the molecule is CCC[C@H]1CC[C@H](c2ccc(OC[SiH2]C)cc2)CC1. The van der Waals surface area contributed by atoms with Crippen molar-refractivity contribution >= 4 is 9.52 Å². The predicted molar refractivity (Wildman–Crippen MR) is 86.0 cm³/mol. The van der Waals surface area contributed by atoms with Crippen LogP contribution in [-0.4, -0.2) is 15.7 Å². The zero-order valence-corrected chi connectivity index (χ0v) is 13.9. The van der Waals surface area contributed by atoms with E-state index in [4.69, 9.17) is 4.74 Å². The molecule has 0 atom stereocenters. The summed E-state index contributed by atoms with van der Waals surface area (Å²) >= 11 is 0. The molecule has 1 aliphatic rings. The molecule has 0 radical (unpaired) electrons. The minimum Gasteiger partial charge on any atom is -0.498 e. The Labute approximate surface area is 120 Å². The van der Waals surface area contributed by atoms with Crippen LogP contribution in [0.1, 0.15) is 56.9 Å². The Morgan fingerprint density at radius 3 is 2.37 bits per heavy atom. The molecule has 0 heterocycles. The van der Waals surface area contributed by atoms with E-state index in [1.54, 1.807) is 0 Å². The second kappa shape index (κ2) is 7.74. The summed E-state index contributed by atoms with van der Waals surface area (Å²) in [6.45, 7) is 4.59. The van der Waals surface area contributed by atoms with Crippen LogP contribution in [-0.2, 0) is 0 Å². The number of rotatable bonds is 6. The number of ether oxygens (including phenoxy) is 1. The lowest BCUT2D eigenvalue weighted by molar-refractivity contribution is 0.308. The zero-order valence-electron chi connectivity index (χ0n) is 12.5. The van der Waals surface area contributed by atoms with Gasteiger partial charge in [-0.3, -0.25) is 0 Å². The lowest BCUT2D eigenvalue weighted by Crippen LogP contribution is -2.13. The molecule has 2 rings (SSSR count). The van der Waals surface area contributed by atoms with Crippen molar-refractivity contribution in [1.82, 2.24) is 0 Å². The number of benzene rings is 1. The van der Waals surface area contributed by atoms with Crippen LogP contribution in [0.25, 0.3) is 0 Å². The van der Waals surface area contributed by atoms with Gasteiger partial charge in [-0.25, -0.2) is 0 Å². The Kier molecular flexibility index (Phi) is 5.96. The first-order valence-electron chi connectivity index (χ1n) is 8.06. The molecule has 0 aromatic heterocycles. The van der Waals surface area contributed by atoms with Crippen molar-refractivity contribution in [2.75, 3.05) is 6.23 Å². The third-order valence-electron chi connectivity index (χ3n) is 4.37. The van der Waals surface area contributed by atoms with Crippen molar-refractivity contribution in [3.8, 4) is 5.75 Å². The van der Waals surface area contributed by atoms with Gasteiger partial charge in [0.2, 0.25) is 0 Å². The van der Waals surface area contributed by atoms with E-state index in [0.29, 0.717) is 0 Å². The highest BCUT2D eigenvalue weighted by Gasteiger charge is 2.21. The Balaban J connectivity index is 1.85. The van der Waals surface area contributed by atoms with Crippen LogP contribution in [0.4, 0.5) is 0 Å². The first kappa shape index (κ1) is 14.6. The van der Waals surface area contributed by atoms with E-state index in [1.807, 2.05) is 0 Å². The molecule has 1 nitrogen and oxygen atoms in total. The average molecular weight is 276 g/mol. The summed E-state index contributed by atoms with van der Waals surface area (Å²) in [4.78, 5) is 0. The average Bonchev–Trinajstić information content (AvgIpc) is 2.47. The fraction of sp³-hybridized carbons (Fsp3) is 0.647. The molecule has 0 amide bonds. The monoisotopic (exact) mass is 276 g/mol. The first-order valence-corrected chi connectivity index (χ1v) is 10.5. The Bertz CT molecular complexity index is 352. The molecule has 1 fully saturated rings. The molecule has 0 N–H and O–H groups in total. The van der Waals surface area contributed by atoms with Gasteiger partial charge >= 0.3 is 0 Å². The van der Waals surface area contributed by atoms with Crippen LogP contribution >= 0.6 is 0 Å². The minimum atomic E-state index is 0.00810. The molecule has 0 spiro atoms. The molecule has 0 bridgehead atoms. The van der Waals surface area contributed by atoms with Gasteiger partial charge in [0.25, 0.3) is 0 Å². The van der Waals surface area contributed by atoms with Crippen molar-refractivity contribution in [1.29, 1.82) is 0 Å². The van der Waals surface area contributed by atoms with Gasteiger partial charge in [0.15, 0.2) is 0 Å². The van der Waals surface area contributed by atoms with Crippen LogP contribution < -0.4 is 4.74 Å². The summed E-state index contributed by atoms with van der Waals surface area (Å²) in [5, 5.41) is 0. The van der Waals surface area contributed by atoms with Crippen molar-refractivity contribution in [2.24, 2.45) is 5.92 Å². The van der Waals surface area contributed by atoms with Gasteiger partial charge < -0.3 is 4.74 Å². The highest BCUT2D eigenvalue weighted by molar-refractivity contribution is 6.33. The van der Waals surface area contributed by atoms with E-state index in [9.17, 15) is 0 Å². The lowest BCUT2D eigenvalue weighted by Gasteiger charge is -2.28. The molecule has 1 aromatic carbocycles. The van der Waals surface area contributed by atoms with E-state index < -0.39 is 0 Å². The van der Waals surface area contributed by atoms with Gasteiger partial charge in [-0.05, 0) is 55.2 Å². The maximum atomic E-state index is 5.71. The topological polar surface area (TPSA) is 9.23 Å². The standard InChI is InChI=1S/C17H28OSi/c1-3-4-14-5-7-15(8-6-14)16-9-11-17(12-10-16)18-13-19-2/h9-12,14-15H,3-8,13,19H2,1-2H3/t14-,15-. The Hall–Kier alpha value is -0.763. The fourth-order valence-electron chi connectivity index (χ4n) is 3.25. The number of hydrogen-bond acceptors (Lipinski definition) is 1. The smallest absolute Gasteiger partial charge is 0.118 e. The van der Waals surface area contributed by atoms with Crippen LogP contribution in [0.15, 0.2) is 24.3 Å². The van der Waals surface area contributed by atoms with Gasteiger partial charge in [-0.2, -0.15) is 0 Å². The van der Waals surface area contributed by atoms with Crippen LogP contribution in [0.2, 0.25) is 6.55 Å². The summed E-state index contributed by atoms with van der Waals surface area (Å²) < 4.78 is 5.71. The van der Waals surface area contributed by atoms with E-state index in [0.717, 1.165) is 23.8 Å². The summed E-state index contributed by atoms with van der Waals surface area (Å²) in [5.74, 6) is 2.85. The zero-order chi connectivity index (χ0) is 13.5. The third kappa shape index (κ3) is 4.38. The quantitative estimate of drug-likeness (QED) is 0.703. The summed E-state index contributed by atoms with van der Waals surface area (Å²) in [7, 11) is 0.00810. The first-order chi connectivity index (χ1) is 9.33. The van der Waals surface area contributed by atoms with E-state index in [2.05, 4.69) is 37.7 Å². The molecule has 19 heavy (non-hydrogen) atoms. The minimum absolute atomic E-state index is 0.00810. The van der Waals surface area contributed by atoms with Gasteiger partial charge in [0.05, 0.1) is 15.7 Å². The lowest BCUT2D eigenvalue weighted by atomic mass is 9.77. The van der Waals surface area contributed by atoms with E-state index in [-0.39, 0.29) is 9.52 Å². The van der Waals surface area contributed by atoms with Crippen LogP contribution in [0, 0.1) is 5.92 Å². The van der Waals surface area contributed by atoms with Crippen molar-refractivity contribution in [3.05, 3.63) is 29.8 Å². The summed E-state index contributed by atoms with van der Waals surface area (Å²) in [5.41, 5.74) is 1.52. The van der Waals surface area contributed by atoms with E-state index >= 15 is 0 Å². The molecule has 0 saturated heterocycles. The molecule has 1 aromatic rings. The molecule has 1 saturated carbocycles. The molecule has 106 valence electrons. The normalized spacial score (nSPS) is 23.9. The van der Waals surface area contributed by atoms with Gasteiger partial charge in [0.1, 0.15) is 5.75 Å². The Morgan fingerprint density at radius 1 is 1.11 bits per heavy atom. The molecule has 2 heteroatoms. The number of hydrogen-bond donors (Lipinski definition) is 0. The van der Waals surface area contributed by atoms with E-state index in [1.165, 1.54) is 44.1 Å².